The van der Waals surface area contributed by atoms with Crippen molar-refractivity contribution in [2.24, 2.45) is 11.8 Å². The zero-order valence-electron chi connectivity index (χ0n) is 41.0. The lowest BCUT2D eigenvalue weighted by Crippen LogP contribution is -2.67. The van der Waals surface area contributed by atoms with Crippen LogP contribution in [0.5, 0.6) is 0 Å². The van der Waals surface area contributed by atoms with E-state index in [4.69, 9.17) is 32.9 Å². The van der Waals surface area contributed by atoms with E-state index in [1.54, 1.807) is 27.7 Å². The fourth-order valence-corrected chi connectivity index (χ4v) is 9.71. The number of piperidine rings is 2. The molecule has 0 bridgehead atoms. The molecule has 8 amide bonds. The van der Waals surface area contributed by atoms with Crippen molar-refractivity contribution in [1.82, 2.24) is 41.2 Å². The predicted molar refractivity (Wildman–Crippen MR) is 246 cm³/mol. The van der Waals surface area contributed by atoms with E-state index < -0.39 is 146 Å². The number of nitrogens with zero attached hydrogens (tertiary/aromatic N) is 4. The Hall–Kier alpha value is -5.39. The van der Waals surface area contributed by atoms with Gasteiger partial charge >= 0.3 is 0 Å². The number of nitrogens with one attached hydrogen (secondary N) is 4. The fourth-order valence-electron chi connectivity index (χ4n) is 9.12. The molecule has 4 saturated heterocycles. The standard InChI is InChI=1S/C45H64Cl2N8O15/c1-21(2)33(50-38(63)25-13-11-19-52(25)40(65)23(5)48-42(67)44(7)27(56)15-17-29(58)54(44)69-9)36(61)31(46)35(60)32(47)37(62)34(22(3)4)51-39(64)26-14-12-20-53(26)41(66)24(6)49-43(68)45(8)28(57)16-18-30(59)55(45)70-10/h21-26,31-34H,11-20H2,1-10H3,(H,48,67)(H,49,68)(H,50,63)(H,51,64)/t23-,24-,25-,26-,31?,32?,33-,34-,44+,45+/m0/s1. The molecule has 70 heavy (non-hydrogen) atoms. The summed E-state index contributed by atoms with van der Waals surface area (Å²) < 4.78 is 0. The first-order valence-corrected chi connectivity index (χ1v) is 24.0. The number of halogens is 2. The Balaban J connectivity index is 1.39. The Kier molecular flexibility index (Phi) is 19.0. The van der Waals surface area contributed by atoms with Crippen LogP contribution >= 0.6 is 23.2 Å². The second kappa shape index (κ2) is 23.2. The summed E-state index contributed by atoms with van der Waals surface area (Å²) in [6, 6.07) is -7.68. The van der Waals surface area contributed by atoms with Gasteiger partial charge in [-0.1, -0.05) is 27.7 Å². The SMILES string of the molecule is CON1C(=O)CCC(=O)[C@]1(C)C(=O)N[C@@H](C)C(=O)N1CCC[C@H]1C(=O)N[C@H](C(=O)C(Cl)C(=O)C(Cl)C(=O)[C@@H](NC(=O)[C@@H]1CCCN1C(=O)[C@H](C)NC(=O)[C@@]1(C)C(=O)CCC(=O)N1OC)C(C)C)C(C)C. The molecule has 4 aliphatic rings. The highest BCUT2D eigenvalue weighted by atomic mass is 35.5. The molecule has 388 valence electrons. The normalized spacial score (nSPS) is 25.5. The Bertz CT molecular complexity index is 2030. The van der Waals surface area contributed by atoms with Crippen LogP contribution in [0.4, 0.5) is 0 Å². The Morgan fingerprint density at radius 3 is 1.17 bits per heavy atom. The molecule has 0 saturated carbocycles. The molecular weight excluding hydrogens is 963 g/mol. The third-order valence-electron chi connectivity index (χ3n) is 13.4. The molecule has 0 aromatic heterocycles. The minimum atomic E-state index is -2.07. The summed E-state index contributed by atoms with van der Waals surface area (Å²) in [7, 11) is 2.25. The summed E-state index contributed by atoms with van der Waals surface area (Å²) in [4.78, 5) is 186. The van der Waals surface area contributed by atoms with Gasteiger partial charge in [0.1, 0.15) is 24.2 Å². The highest BCUT2D eigenvalue weighted by molar-refractivity contribution is 6.53. The Morgan fingerprint density at radius 2 is 0.871 bits per heavy atom. The number of hydrogen-bond donors (Lipinski definition) is 4. The first-order chi connectivity index (χ1) is 32.6. The molecule has 2 unspecified atom stereocenters. The molecule has 10 atom stereocenters. The predicted octanol–water partition coefficient (Wildman–Crippen LogP) is -0.795. The summed E-state index contributed by atoms with van der Waals surface area (Å²) in [5.74, 6) is -11.9. The largest absolute Gasteiger partial charge is 0.344 e. The van der Waals surface area contributed by atoms with E-state index in [2.05, 4.69) is 21.3 Å². The summed E-state index contributed by atoms with van der Waals surface area (Å²) in [5, 5.41) is 7.26. The molecule has 25 heteroatoms. The number of likely N-dealkylation sites (tertiary alicyclic amines) is 2. The van der Waals surface area contributed by atoms with Crippen LogP contribution in [0.25, 0.3) is 0 Å². The summed E-state index contributed by atoms with van der Waals surface area (Å²) >= 11 is 12.9. The van der Waals surface area contributed by atoms with E-state index in [0.717, 1.165) is 14.2 Å². The van der Waals surface area contributed by atoms with Crippen molar-refractivity contribution in [2.45, 2.75) is 165 Å². The van der Waals surface area contributed by atoms with Crippen molar-refractivity contribution in [3.8, 4) is 0 Å². The van der Waals surface area contributed by atoms with Crippen molar-refractivity contribution in [3.63, 3.8) is 0 Å². The van der Waals surface area contributed by atoms with Gasteiger partial charge in [-0.2, -0.15) is 10.1 Å². The van der Waals surface area contributed by atoms with E-state index in [0.29, 0.717) is 23.0 Å². The highest BCUT2D eigenvalue weighted by Gasteiger charge is 2.55. The van der Waals surface area contributed by atoms with Gasteiger partial charge in [-0.3, -0.25) is 72.0 Å². The number of carbonyl (C=O) groups is 13. The van der Waals surface area contributed by atoms with E-state index in [9.17, 15) is 62.3 Å². The average Bonchev–Trinajstić information content (AvgIpc) is 4.02. The number of hydroxylamine groups is 4. The number of amides is 8. The van der Waals surface area contributed by atoms with Gasteiger partial charge in [0, 0.05) is 38.8 Å². The lowest BCUT2D eigenvalue weighted by Gasteiger charge is -2.40. The van der Waals surface area contributed by atoms with Gasteiger partial charge in [-0.05, 0) is 65.2 Å². The van der Waals surface area contributed by atoms with Gasteiger partial charge in [0.15, 0.2) is 39.7 Å². The lowest BCUT2D eigenvalue weighted by molar-refractivity contribution is -0.213. The van der Waals surface area contributed by atoms with Gasteiger partial charge in [0.2, 0.25) is 46.5 Å². The summed E-state index contributed by atoms with van der Waals surface area (Å²) in [6.45, 7) is 11.5. The van der Waals surface area contributed by atoms with Gasteiger partial charge in [0.25, 0.3) is 11.8 Å². The number of alkyl halides is 2. The average molecular weight is 1030 g/mol. The molecule has 4 rings (SSSR count). The van der Waals surface area contributed by atoms with Crippen LogP contribution < -0.4 is 21.3 Å². The second-order valence-corrected chi connectivity index (χ2v) is 19.8. The minimum absolute atomic E-state index is 0.0873. The van der Waals surface area contributed by atoms with Gasteiger partial charge in [-0.25, -0.2) is 0 Å². The molecular formula is C45H64Cl2N8O15. The third kappa shape index (κ3) is 11.4. The Labute approximate surface area is 415 Å². The molecule has 4 heterocycles. The topological polar surface area (TPSA) is 301 Å². The van der Waals surface area contributed by atoms with Crippen molar-refractivity contribution in [1.29, 1.82) is 0 Å². The van der Waals surface area contributed by atoms with Crippen molar-refractivity contribution in [2.75, 3.05) is 27.3 Å². The maximum atomic E-state index is 13.9. The molecule has 4 fully saturated rings. The van der Waals surface area contributed by atoms with E-state index in [1.165, 1.54) is 37.5 Å². The smallest absolute Gasteiger partial charge is 0.256 e. The molecule has 4 aliphatic heterocycles. The lowest BCUT2D eigenvalue weighted by atomic mass is 9.87. The minimum Gasteiger partial charge on any atom is -0.344 e. The van der Waals surface area contributed by atoms with Crippen LogP contribution in [0, 0.1) is 11.8 Å². The van der Waals surface area contributed by atoms with Gasteiger partial charge in [-0.15, -0.1) is 23.2 Å². The van der Waals surface area contributed by atoms with Crippen LogP contribution in [-0.4, -0.2) is 181 Å². The van der Waals surface area contributed by atoms with Crippen LogP contribution in [0.1, 0.15) is 107 Å². The number of Topliss-reactive ketones (excluding diaryl/α,β-unsaturated/α-hetero) is 5. The maximum Gasteiger partial charge on any atom is 0.256 e. The quantitative estimate of drug-likeness (QED) is 0.0858. The molecule has 0 spiro atoms. The maximum absolute atomic E-state index is 13.9. The summed E-state index contributed by atoms with van der Waals surface area (Å²) in [5.41, 5.74) is -4.12. The zero-order valence-corrected chi connectivity index (χ0v) is 42.5. The number of hydrogen-bond acceptors (Lipinski definition) is 15. The Morgan fingerprint density at radius 1 is 0.543 bits per heavy atom. The van der Waals surface area contributed by atoms with Crippen molar-refractivity contribution in [3.05, 3.63) is 0 Å². The zero-order chi connectivity index (χ0) is 52.9. The number of carbonyl (C=O) groups excluding carboxylic acids is 13. The van der Waals surface area contributed by atoms with E-state index in [-0.39, 0.29) is 51.6 Å². The van der Waals surface area contributed by atoms with Gasteiger partial charge in [0.05, 0.1) is 26.3 Å². The highest BCUT2D eigenvalue weighted by Crippen LogP contribution is 2.29. The second-order valence-electron chi connectivity index (χ2n) is 18.9. The summed E-state index contributed by atoms with van der Waals surface area (Å²) in [6.07, 6.45) is 0.279. The molecule has 0 aromatic rings. The molecule has 0 aromatic carbocycles. The molecule has 0 aliphatic carbocycles. The molecule has 0 radical (unpaired) electrons. The van der Waals surface area contributed by atoms with Crippen LogP contribution in [-0.2, 0) is 72.0 Å². The van der Waals surface area contributed by atoms with Crippen LogP contribution in [0.3, 0.4) is 0 Å². The first kappa shape index (κ1) is 57.2. The molecule has 4 N–H and O–H groups in total. The number of ketones is 5. The third-order valence-corrected chi connectivity index (χ3v) is 14.2. The molecule has 23 nitrogen and oxygen atoms in total. The van der Waals surface area contributed by atoms with Crippen LogP contribution in [0.2, 0.25) is 0 Å². The van der Waals surface area contributed by atoms with E-state index in [1.807, 2.05) is 0 Å². The van der Waals surface area contributed by atoms with Crippen molar-refractivity contribution < 1.29 is 72.0 Å². The first-order valence-electron chi connectivity index (χ1n) is 23.2. The van der Waals surface area contributed by atoms with Crippen molar-refractivity contribution >= 4 is 99.4 Å². The van der Waals surface area contributed by atoms with Crippen LogP contribution in [0.15, 0.2) is 0 Å². The fraction of sp³-hybridized carbons (Fsp3) is 0.711. The number of rotatable bonds is 20. The monoisotopic (exact) mass is 1030 g/mol. The van der Waals surface area contributed by atoms with E-state index >= 15 is 0 Å². The van der Waals surface area contributed by atoms with Gasteiger partial charge < -0.3 is 31.1 Å².